The maximum Gasteiger partial charge on any atom is 0.323 e. The van der Waals surface area contributed by atoms with Gasteiger partial charge in [-0.05, 0) is 38.8 Å². The van der Waals surface area contributed by atoms with Gasteiger partial charge in [-0.25, -0.2) is 9.78 Å². The second-order valence-electron chi connectivity index (χ2n) is 6.80. The third-order valence-corrected chi connectivity index (χ3v) is 5.03. The van der Waals surface area contributed by atoms with Gasteiger partial charge < -0.3 is 9.64 Å². The fourth-order valence-corrected chi connectivity index (χ4v) is 3.53. The number of hydrogen-bond acceptors (Lipinski definition) is 5. The molecule has 3 rings (SSSR count). The Morgan fingerprint density at radius 3 is 2.60 bits per heavy atom. The van der Waals surface area contributed by atoms with Crippen LogP contribution in [0.3, 0.4) is 0 Å². The van der Waals surface area contributed by atoms with E-state index in [1.54, 1.807) is 12.1 Å². The van der Waals surface area contributed by atoms with E-state index >= 15 is 0 Å². The van der Waals surface area contributed by atoms with Crippen molar-refractivity contribution in [3.8, 4) is 0 Å². The maximum atomic E-state index is 12.5. The summed E-state index contributed by atoms with van der Waals surface area (Å²) in [5.41, 5.74) is 0.538. The van der Waals surface area contributed by atoms with E-state index in [1.165, 1.54) is 13.1 Å². The van der Waals surface area contributed by atoms with Gasteiger partial charge in [0.2, 0.25) is 0 Å². The van der Waals surface area contributed by atoms with Crippen LogP contribution in [0.2, 0.25) is 0 Å². The fraction of sp³-hybridized carbons (Fsp3) is 0.611. The van der Waals surface area contributed by atoms with E-state index in [2.05, 4.69) is 22.1 Å². The molecule has 2 aliphatic rings. The van der Waals surface area contributed by atoms with Gasteiger partial charge in [0.05, 0.1) is 0 Å². The minimum Gasteiger partial charge on any atom is -0.381 e. The minimum absolute atomic E-state index is 0.0387. The molecule has 0 radical (unpaired) electrons. The zero-order chi connectivity index (χ0) is 17.8. The molecule has 0 spiro atoms. The first-order valence-corrected chi connectivity index (χ1v) is 8.91. The number of carbonyl (C=O) groups is 2. The van der Waals surface area contributed by atoms with Crippen LogP contribution >= 0.6 is 0 Å². The molecule has 2 aliphatic heterocycles. The van der Waals surface area contributed by atoms with Gasteiger partial charge in [-0.3, -0.25) is 15.0 Å². The molecule has 1 atom stereocenters. The fourth-order valence-electron chi connectivity index (χ4n) is 3.53. The molecule has 0 aromatic carbocycles. The molecular weight excluding hydrogens is 320 g/mol. The van der Waals surface area contributed by atoms with Crippen molar-refractivity contribution in [1.82, 2.24) is 14.8 Å². The van der Waals surface area contributed by atoms with Crippen LogP contribution in [0.4, 0.5) is 10.6 Å². The van der Waals surface area contributed by atoms with E-state index in [1.807, 2.05) is 4.90 Å². The summed E-state index contributed by atoms with van der Waals surface area (Å²) < 4.78 is 5.44. The number of Topliss-reactive ketones (excluding diaryl/α,β-unsaturated/α-hetero) is 1. The molecule has 25 heavy (non-hydrogen) atoms. The summed E-state index contributed by atoms with van der Waals surface area (Å²) in [7, 11) is 0. The highest BCUT2D eigenvalue weighted by molar-refractivity contribution is 5.94. The maximum absolute atomic E-state index is 12.5. The number of amides is 2. The topological polar surface area (TPSA) is 74.8 Å². The number of ketones is 1. The second-order valence-corrected chi connectivity index (χ2v) is 6.80. The number of urea groups is 1. The Morgan fingerprint density at radius 2 is 2.00 bits per heavy atom. The lowest BCUT2D eigenvalue weighted by molar-refractivity contribution is 0.00816. The highest BCUT2D eigenvalue weighted by atomic mass is 16.5. The third kappa shape index (κ3) is 4.35. The van der Waals surface area contributed by atoms with Gasteiger partial charge in [0.15, 0.2) is 5.78 Å². The molecule has 2 fully saturated rings. The lowest BCUT2D eigenvalue weighted by atomic mass is 10.0. The Morgan fingerprint density at radius 1 is 1.24 bits per heavy atom. The van der Waals surface area contributed by atoms with E-state index in [9.17, 15) is 9.59 Å². The number of anilines is 1. The first-order valence-electron chi connectivity index (χ1n) is 8.91. The summed E-state index contributed by atoms with van der Waals surface area (Å²) in [5.74, 6) is 0.428. The first-order chi connectivity index (χ1) is 12.0. The summed E-state index contributed by atoms with van der Waals surface area (Å²) in [6.45, 7) is 7.72. The van der Waals surface area contributed by atoms with Gasteiger partial charge in [-0.15, -0.1) is 0 Å². The van der Waals surface area contributed by atoms with Crippen molar-refractivity contribution >= 4 is 17.6 Å². The molecule has 3 heterocycles. The van der Waals surface area contributed by atoms with Gasteiger partial charge in [0.25, 0.3) is 0 Å². The van der Waals surface area contributed by atoms with Crippen molar-refractivity contribution in [2.24, 2.45) is 0 Å². The van der Waals surface area contributed by atoms with Crippen molar-refractivity contribution in [2.75, 3.05) is 38.2 Å². The Balaban J connectivity index is 1.55. The number of rotatable bonds is 3. The summed E-state index contributed by atoms with van der Waals surface area (Å²) in [6, 6.07) is 3.92. The zero-order valence-electron chi connectivity index (χ0n) is 14.9. The Kier molecular flexibility index (Phi) is 5.65. The summed E-state index contributed by atoms with van der Waals surface area (Å²) in [4.78, 5) is 32.3. The van der Waals surface area contributed by atoms with Crippen LogP contribution in [0.5, 0.6) is 0 Å². The number of piperazine rings is 1. The van der Waals surface area contributed by atoms with E-state index in [-0.39, 0.29) is 17.9 Å². The number of carbonyl (C=O) groups excluding carboxylic acids is 2. The van der Waals surface area contributed by atoms with Crippen LogP contribution in [0.25, 0.3) is 0 Å². The molecule has 1 aromatic heterocycles. The lowest BCUT2D eigenvalue weighted by Crippen LogP contribution is -2.58. The average molecular weight is 346 g/mol. The number of nitrogens with zero attached hydrogens (tertiary/aromatic N) is 3. The highest BCUT2D eigenvalue weighted by Crippen LogP contribution is 2.20. The zero-order valence-corrected chi connectivity index (χ0v) is 14.9. The van der Waals surface area contributed by atoms with Crippen molar-refractivity contribution in [2.45, 2.75) is 38.8 Å². The van der Waals surface area contributed by atoms with Crippen molar-refractivity contribution in [1.29, 1.82) is 0 Å². The SMILES string of the molecule is CC(=O)c1ccc(NC(=O)N2CCN(C3CCOCC3)C[C@H]2C)nc1. The van der Waals surface area contributed by atoms with Gasteiger partial charge in [-0.2, -0.15) is 0 Å². The van der Waals surface area contributed by atoms with Crippen molar-refractivity contribution in [3.05, 3.63) is 23.9 Å². The first kappa shape index (κ1) is 17.8. The predicted molar refractivity (Wildman–Crippen MR) is 94.8 cm³/mol. The lowest BCUT2D eigenvalue weighted by Gasteiger charge is -2.44. The molecule has 1 aromatic rings. The quantitative estimate of drug-likeness (QED) is 0.848. The third-order valence-electron chi connectivity index (χ3n) is 5.03. The highest BCUT2D eigenvalue weighted by Gasteiger charge is 2.31. The number of hydrogen-bond donors (Lipinski definition) is 1. The molecule has 7 heteroatoms. The van der Waals surface area contributed by atoms with E-state index in [4.69, 9.17) is 4.74 Å². The van der Waals surface area contributed by atoms with Gasteiger partial charge in [-0.1, -0.05) is 0 Å². The van der Waals surface area contributed by atoms with Gasteiger partial charge in [0, 0.05) is 56.7 Å². The Labute approximate surface area is 148 Å². The monoisotopic (exact) mass is 346 g/mol. The predicted octanol–water partition coefficient (Wildman–Crippen LogP) is 2.00. The molecule has 2 saturated heterocycles. The minimum atomic E-state index is -0.137. The number of aromatic nitrogens is 1. The Hall–Kier alpha value is -1.99. The second kappa shape index (κ2) is 7.93. The normalized spacial score (nSPS) is 22.6. The van der Waals surface area contributed by atoms with Gasteiger partial charge in [0.1, 0.15) is 5.82 Å². The van der Waals surface area contributed by atoms with E-state index in [0.717, 1.165) is 39.1 Å². The van der Waals surface area contributed by atoms with Crippen molar-refractivity contribution in [3.63, 3.8) is 0 Å². The number of nitrogens with one attached hydrogen (secondary N) is 1. The summed E-state index contributed by atoms with van der Waals surface area (Å²) in [6.07, 6.45) is 3.64. The van der Waals surface area contributed by atoms with Crippen LogP contribution in [0.1, 0.15) is 37.0 Å². The molecule has 0 unspecified atom stereocenters. The van der Waals surface area contributed by atoms with Crippen LogP contribution < -0.4 is 5.32 Å². The molecule has 136 valence electrons. The molecule has 0 aliphatic carbocycles. The van der Waals surface area contributed by atoms with Gasteiger partial charge >= 0.3 is 6.03 Å². The summed E-state index contributed by atoms with van der Waals surface area (Å²) >= 11 is 0. The molecular formula is C18H26N4O3. The molecule has 2 amide bonds. The Bertz CT molecular complexity index is 613. The smallest absolute Gasteiger partial charge is 0.323 e. The molecule has 0 bridgehead atoms. The van der Waals surface area contributed by atoms with Crippen molar-refractivity contribution < 1.29 is 14.3 Å². The van der Waals surface area contributed by atoms with E-state index < -0.39 is 0 Å². The standard InChI is InChI=1S/C18H26N4O3/c1-13-12-21(16-5-9-25-10-6-16)7-8-22(13)18(24)20-17-4-3-15(11-19-17)14(2)23/h3-4,11,13,16H,5-10,12H2,1-2H3,(H,19,20,24)/t13-/m1/s1. The van der Waals surface area contributed by atoms with Crippen LogP contribution in [-0.2, 0) is 4.74 Å². The molecule has 0 saturated carbocycles. The van der Waals surface area contributed by atoms with Crippen LogP contribution in [0, 0.1) is 0 Å². The molecule has 1 N–H and O–H groups in total. The average Bonchev–Trinajstić information content (AvgIpc) is 2.62. The molecule has 7 nitrogen and oxygen atoms in total. The number of ether oxygens (including phenoxy) is 1. The largest absolute Gasteiger partial charge is 0.381 e. The van der Waals surface area contributed by atoms with Crippen LogP contribution in [0.15, 0.2) is 18.3 Å². The number of pyridine rings is 1. The summed E-state index contributed by atoms with van der Waals surface area (Å²) in [5, 5.41) is 2.83. The van der Waals surface area contributed by atoms with E-state index in [0.29, 0.717) is 24.0 Å². The van der Waals surface area contributed by atoms with Crippen LogP contribution in [-0.4, -0.2) is 71.5 Å².